The summed E-state index contributed by atoms with van der Waals surface area (Å²) < 4.78 is 0. The second-order valence-corrected chi connectivity index (χ2v) is 4.21. The van der Waals surface area contributed by atoms with Gasteiger partial charge in [0.15, 0.2) is 0 Å². The van der Waals surface area contributed by atoms with E-state index in [0.717, 1.165) is 0 Å². The molecule has 1 rings (SSSR count). The molecular formula is C13H21N. The van der Waals surface area contributed by atoms with E-state index in [2.05, 4.69) is 51.2 Å². The minimum absolute atomic E-state index is 0.525. The van der Waals surface area contributed by atoms with Crippen molar-refractivity contribution >= 4 is 0 Å². The van der Waals surface area contributed by atoms with Gasteiger partial charge in [-0.05, 0) is 50.4 Å². The summed E-state index contributed by atoms with van der Waals surface area (Å²) in [4.78, 5) is 0. The smallest absolute Gasteiger partial charge is 0.0102 e. The summed E-state index contributed by atoms with van der Waals surface area (Å²) in [5.41, 5.74) is 4.19. The van der Waals surface area contributed by atoms with E-state index in [0.29, 0.717) is 12.0 Å². The molecule has 1 aromatic carbocycles. The van der Waals surface area contributed by atoms with Gasteiger partial charge in [-0.3, -0.25) is 0 Å². The Hall–Kier alpha value is -0.820. The second-order valence-electron chi connectivity index (χ2n) is 4.21. The van der Waals surface area contributed by atoms with E-state index in [-0.39, 0.29) is 0 Å². The van der Waals surface area contributed by atoms with Crippen LogP contribution in [0.15, 0.2) is 18.2 Å². The van der Waals surface area contributed by atoms with Crippen molar-refractivity contribution in [3.05, 3.63) is 34.9 Å². The molecule has 0 aliphatic rings. The van der Waals surface area contributed by atoms with Crippen LogP contribution in [-0.2, 0) is 0 Å². The number of rotatable bonds is 3. The van der Waals surface area contributed by atoms with Gasteiger partial charge in [0.25, 0.3) is 0 Å². The summed E-state index contributed by atoms with van der Waals surface area (Å²) >= 11 is 0. The normalized spacial score (nSPS) is 15.2. The molecular weight excluding hydrogens is 170 g/mol. The van der Waals surface area contributed by atoms with Gasteiger partial charge in [-0.2, -0.15) is 0 Å². The highest BCUT2D eigenvalue weighted by atomic mass is 14.9. The van der Waals surface area contributed by atoms with Crippen LogP contribution in [-0.4, -0.2) is 13.1 Å². The number of aryl methyl sites for hydroxylation is 2. The molecule has 0 amide bonds. The first-order valence-corrected chi connectivity index (χ1v) is 5.30. The lowest BCUT2D eigenvalue weighted by atomic mass is 9.92. The van der Waals surface area contributed by atoms with Crippen LogP contribution < -0.4 is 5.32 Å². The fourth-order valence-corrected chi connectivity index (χ4v) is 1.59. The lowest BCUT2D eigenvalue weighted by Crippen LogP contribution is -2.27. The maximum absolute atomic E-state index is 3.30. The predicted octanol–water partition coefficient (Wildman–Crippen LogP) is 3.01. The molecule has 2 unspecified atom stereocenters. The zero-order valence-electron chi connectivity index (χ0n) is 9.89. The van der Waals surface area contributed by atoms with Crippen LogP contribution in [0.4, 0.5) is 0 Å². The van der Waals surface area contributed by atoms with E-state index in [4.69, 9.17) is 0 Å². The molecule has 1 nitrogen and oxygen atoms in total. The molecule has 0 saturated heterocycles. The Morgan fingerprint density at radius 1 is 1.07 bits per heavy atom. The summed E-state index contributed by atoms with van der Waals surface area (Å²) in [6.07, 6.45) is 0. The van der Waals surface area contributed by atoms with Crippen molar-refractivity contribution in [2.24, 2.45) is 0 Å². The quantitative estimate of drug-likeness (QED) is 0.774. The molecule has 78 valence electrons. The molecule has 0 aromatic heterocycles. The summed E-state index contributed by atoms with van der Waals surface area (Å²) in [6.45, 7) is 8.83. The Morgan fingerprint density at radius 3 is 2.21 bits per heavy atom. The average Bonchev–Trinajstić information content (AvgIpc) is 2.20. The van der Waals surface area contributed by atoms with E-state index >= 15 is 0 Å². The highest BCUT2D eigenvalue weighted by Crippen LogP contribution is 2.21. The summed E-state index contributed by atoms with van der Waals surface area (Å²) in [6, 6.07) is 7.27. The van der Waals surface area contributed by atoms with E-state index in [1.807, 2.05) is 7.05 Å². The van der Waals surface area contributed by atoms with Gasteiger partial charge in [0.2, 0.25) is 0 Å². The van der Waals surface area contributed by atoms with Crippen molar-refractivity contribution in [3.8, 4) is 0 Å². The van der Waals surface area contributed by atoms with E-state index < -0.39 is 0 Å². The van der Waals surface area contributed by atoms with Gasteiger partial charge in [-0.1, -0.05) is 25.1 Å². The van der Waals surface area contributed by atoms with Crippen molar-refractivity contribution in [1.29, 1.82) is 0 Å². The molecule has 2 atom stereocenters. The predicted molar refractivity (Wildman–Crippen MR) is 62.9 cm³/mol. The molecule has 1 heteroatoms. The Balaban J connectivity index is 2.91. The Bertz CT molecular complexity index is 304. The van der Waals surface area contributed by atoms with E-state index in [1.54, 1.807) is 0 Å². The van der Waals surface area contributed by atoms with Crippen molar-refractivity contribution in [3.63, 3.8) is 0 Å². The van der Waals surface area contributed by atoms with Crippen molar-refractivity contribution in [2.75, 3.05) is 7.05 Å². The largest absolute Gasteiger partial charge is 0.317 e. The van der Waals surface area contributed by atoms with Crippen molar-refractivity contribution in [1.82, 2.24) is 5.32 Å². The summed E-state index contributed by atoms with van der Waals surface area (Å²) in [5, 5.41) is 3.30. The molecule has 1 aromatic rings. The van der Waals surface area contributed by atoms with Gasteiger partial charge in [0, 0.05) is 6.04 Å². The Labute approximate surface area is 87.5 Å². The first-order chi connectivity index (χ1) is 6.56. The van der Waals surface area contributed by atoms with Crippen LogP contribution in [0, 0.1) is 13.8 Å². The number of benzene rings is 1. The zero-order valence-corrected chi connectivity index (χ0v) is 9.89. The van der Waals surface area contributed by atoms with Gasteiger partial charge >= 0.3 is 0 Å². The number of nitrogens with one attached hydrogen (secondary N) is 1. The monoisotopic (exact) mass is 191 g/mol. The summed E-state index contributed by atoms with van der Waals surface area (Å²) in [7, 11) is 2.02. The van der Waals surface area contributed by atoms with Crippen molar-refractivity contribution in [2.45, 2.75) is 39.7 Å². The molecule has 0 fully saturated rings. The standard InChI is InChI=1S/C13H21N/c1-9-6-7-13(8-10(9)2)11(3)12(4)14-5/h6-8,11-12,14H,1-5H3. The van der Waals surface area contributed by atoms with Gasteiger partial charge in [0.1, 0.15) is 0 Å². The molecule has 0 spiro atoms. The molecule has 14 heavy (non-hydrogen) atoms. The van der Waals surface area contributed by atoms with E-state index in [9.17, 15) is 0 Å². The van der Waals surface area contributed by atoms with Gasteiger partial charge < -0.3 is 5.32 Å². The van der Waals surface area contributed by atoms with Crippen molar-refractivity contribution < 1.29 is 0 Å². The summed E-state index contributed by atoms with van der Waals surface area (Å²) in [5.74, 6) is 0.569. The van der Waals surface area contributed by atoms with E-state index in [1.165, 1.54) is 16.7 Å². The fourth-order valence-electron chi connectivity index (χ4n) is 1.59. The van der Waals surface area contributed by atoms with Crippen LogP contribution in [0.1, 0.15) is 36.5 Å². The van der Waals surface area contributed by atoms with Crippen LogP contribution in [0.25, 0.3) is 0 Å². The van der Waals surface area contributed by atoms with Gasteiger partial charge in [0.05, 0.1) is 0 Å². The zero-order chi connectivity index (χ0) is 10.7. The Morgan fingerprint density at radius 2 is 1.71 bits per heavy atom. The third-order valence-electron chi connectivity index (χ3n) is 3.26. The minimum Gasteiger partial charge on any atom is -0.317 e. The minimum atomic E-state index is 0.525. The lowest BCUT2D eigenvalue weighted by Gasteiger charge is -2.20. The maximum Gasteiger partial charge on any atom is 0.0102 e. The first-order valence-electron chi connectivity index (χ1n) is 5.30. The maximum atomic E-state index is 3.30. The van der Waals surface area contributed by atoms with Crippen LogP contribution >= 0.6 is 0 Å². The SMILES string of the molecule is CNC(C)C(C)c1ccc(C)c(C)c1. The topological polar surface area (TPSA) is 12.0 Å². The molecule has 0 radical (unpaired) electrons. The lowest BCUT2D eigenvalue weighted by molar-refractivity contribution is 0.524. The third kappa shape index (κ3) is 2.36. The number of likely N-dealkylation sites (N-methyl/N-ethyl adjacent to an activating group) is 1. The molecule has 0 aliphatic heterocycles. The molecule has 0 aliphatic carbocycles. The molecule has 0 heterocycles. The number of hydrogen-bond acceptors (Lipinski definition) is 1. The highest BCUT2D eigenvalue weighted by molar-refractivity contribution is 5.32. The van der Waals surface area contributed by atoms with Crippen LogP contribution in [0.5, 0.6) is 0 Å². The first kappa shape index (κ1) is 11.3. The average molecular weight is 191 g/mol. The molecule has 0 saturated carbocycles. The highest BCUT2D eigenvalue weighted by Gasteiger charge is 2.12. The number of hydrogen-bond donors (Lipinski definition) is 1. The third-order valence-corrected chi connectivity index (χ3v) is 3.26. The van der Waals surface area contributed by atoms with Gasteiger partial charge in [-0.25, -0.2) is 0 Å². The second kappa shape index (κ2) is 4.61. The van der Waals surface area contributed by atoms with Gasteiger partial charge in [-0.15, -0.1) is 0 Å². The van der Waals surface area contributed by atoms with Crippen LogP contribution in [0.2, 0.25) is 0 Å². The Kier molecular flexibility index (Phi) is 3.70. The van der Waals surface area contributed by atoms with Crippen LogP contribution in [0.3, 0.4) is 0 Å². The molecule has 1 N–H and O–H groups in total. The molecule has 0 bridgehead atoms. The fraction of sp³-hybridized carbons (Fsp3) is 0.538.